The molecule has 0 saturated heterocycles. The summed E-state index contributed by atoms with van der Waals surface area (Å²) in [5, 5.41) is 0. The first-order chi connectivity index (χ1) is 8.58. The lowest BCUT2D eigenvalue weighted by molar-refractivity contribution is -0.121. The van der Waals surface area contributed by atoms with Gasteiger partial charge in [-0.15, -0.1) is 0 Å². The largest absolute Gasteiger partial charge is 0.496 e. The molecule has 1 rings (SSSR count). The molecule has 0 aromatic heterocycles. The van der Waals surface area contributed by atoms with Gasteiger partial charge in [-0.25, -0.2) is 5.84 Å². The van der Waals surface area contributed by atoms with Crippen LogP contribution in [0, 0.1) is 0 Å². The molecule has 0 aliphatic carbocycles. The van der Waals surface area contributed by atoms with Crippen molar-refractivity contribution in [1.29, 1.82) is 0 Å². The number of aryl methyl sites for hydroxylation is 1. The Balaban J connectivity index is 2.67. The second-order valence-corrected chi connectivity index (χ2v) is 4.65. The molecule has 1 aromatic rings. The average molecular weight is 250 g/mol. The predicted molar refractivity (Wildman–Crippen MR) is 72.4 cm³/mol. The summed E-state index contributed by atoms with van der Waals surface area (Å²) in [6, 6.07) is 6.20. The van der Waals surface area contributed by atoms with Crippen molar-refractivity contribution in [2.45, 2.75) is 39.0 Å². The first-order valence-corrected chi connectivity index (χ1v) is 6.24. The van der Waals surface area contributed by atoms with Crippen LogP contribution in [0.2, 0.25) is 0 Å². The van der Waals surface area contributed by atoms with Crippen molar-refractivity contribution in [2.75, 3.05) is 7.11 Å². The molecule has 0 unspecified atom stereocenters. The number of hydrogen-bond donors (Lipinski definition) is 2. The molecular weight excluding hydrogens is 228 g/mol. The Morgan fingerprint density at radius 2 is 2.17 bits per heavy atom. The highest BCUT2D eigenvalue weighted by atomic mass is 16.5. The van der Waals surface area contributed by atoms with E-state index in [1.807, 2.05) is 12.1 Å². The minimum absolute atomic E-state index is 0.118. The summed E-state index contributed by atoms with van der Waals surface area (Å²) in [5.41, 5.74) is 4.57. The van der Waals surface area contributed by atoms with Crippen molar-refractivity contribution in [3.8, 4) is 5.75 Å². The normalized spacial score (nSPS) is 10.5. The maximum Gasteiger partial charge on any atom is 0.233 e. The Hall–Kier alpha value is -1.55. The molecule has 0 bridgehead atoms. The summed E-state index contributed by atoms with van der Waals surface area (Å²) in [4.78, 5) is 11.0. The van der Waals surface area contributed by atoms with Gasteiger partial charge in [0.25, 0.3) is 0 Å². The SMILES string of the molecule is COc1ccc(CCCC(=O)NN)cc1C(C)C. The zero-order valence-corrected chi connectivity index (χ0v) is 11.3. The lowest BCUT2D eigenvalue weighted by Crippen LogP contribution is -2.29. The molecule has 0 spiro atoms. The van der Waals surface area contributed by atoms with Crippen LogP contribution in [-0.2, 0) is 11.2 Å². The van der Waals surface area contributed by atoms with Gasteiger partial charge in [0.15, 0.2) is 0 Å². The van der Waals surface area contributed by atoms with Crippen LogP contribution < -0.4 is 16.0 Å². The van der Waals surface area contributed by atoms with Gasteiger partial charge in [0.05, 0.1) is 7.11 Å². The second-order valence-electron chi connectivity index (χ2n) is 4.65. The van der Waals surface area contributed by atoms with Gasteiger partial charge in [-0.05, 0) is 36.0 Å². The average Bonchev–Trinajstić information content (AvgIpc) is 2.38. The van der Waals surface area contributed by atoms with Crippen molar-refractivity contribution in [2.24, 2.45) is 5.84 Å². The molecule has 0 radical (unpaired) electrons. The van der Waals surface area contributed by atoms with Crippen LogP contribution in [-0.4, -0.2) is 13.0 Å². The van der Waals surface area contributed by atoms with Crippen LogP contribution in [0.25, 0.3) is 0 Å². The Kier molecular flexibility index (Phi) is 5.65. The smallest absolute Gasteiger partial charge is 0.233 e. The molecule has 4 heteroatoms. The quantitative estimate of drug-likeness (QED) is 0.462. The molecule has 0 fully saturated rings. The second kappa shape index (κ2) is 7.01. The fourth-order valence-corrected chi connectivity index (χ4v) is 1.92. The number of nitrogens with one attached hydrogen (secondary N) is 1. The highest BCUT2D eigenvalue weighted by Gasteiger charge is 2.08. The van der Waals surface area contributed by atoms with Gasteiger partial charge in [-0.3, -0.25) is 10.2 Å². The van der Waals surface area contributed by atoms with Crippen molar-refractivity contribution >= 4 is 5.91 Å². The lowest BCUT2D eigenvalue weighted by Gasteiger charge is -2.13. The molecule has 1 amide bonds. The summed E-state index contributed by atoms with van der Waals surface area (Å²) >= 11 is 0. The Morgan fingerprint density at radius 1 is 1.44 bits per heavy atom. The number of amides is 1. The highest BCUT2D eigenvalue weighted by Crippen LogP contribution is 2.27. The van der Waals surface area contributed by atoms with E-state index in [1.54, 1.807) is 7.11 Å². The molecule has 18 heavy (non-hydrogen) atoms. The van der Waals surface area contributed by atoms with Gasteiger partial charge >= 0.3 is 0 Å². The van der Waals surface area contributed by atoms with Gasteiger partial charge in [-0.2, -0.15) is 0 Å². The van der Waals surface area contributed by atoms with Gasteiger partial charge in [-0.1, -0.05) is 26.0 Å². The van der Waals surface area contributed by atoms with Crippen molar-refractivity contribution in [3.63, 3.8) is 0 Å². The zero-order valence-electron chi connectivity index (χ0n) is 11.3. The molecule has 0 aliphatic rings. The van der Waals surface area contributed by atoms with Crippen LogP contribution in [0.15, 0.2) is 18.2 Å². The van der Waals surface area contributed by atoms with Crippen LogP contribution in [0.5, 0.6) is 5.75 Å². The van der Waals surface area contributed by atoms with Gasteiger partial charge < -0.3 is 4.74 Å². The number of hydrogen-bond acceptors (Lipinski definition) is 3. The Bertz CT molecular complexity index is 403. The van der Waals surface area contributed by atoms with Crippen LogP contribution in [0.1, 0.15) is 43.7 Å². The Labute approximate surface area is 108 Å². The van der Waals surface area contributed by atoms with E-state index in [0.29, 0.717) is 12.3 Å². The number of carbonyl (C=O) groups is 1. The molecule has 0 heterocycles. The third-order valence-corrected chi connectivity index (χ3v) is 2.95. The summed E-state index contributed by atoms with van der Waals surface area (Å²) in [6.45, 7) is 4.28. The van der Waals surface area contributed by atoms with E-state index in [9.17, 15) is 4.79 Å². The molecule has 4 nitrogen and oxygen atoms in total. The Morgan fingerprint density at radius 3 is 2.72 bits per heavy atom. The number of hydrazine groups is 1. The molecule has 0 atom stereocenters. The van der Waals surface area contributed by atoms with Crippen LogP contribution >= 0.6 is 0 Å². The molecule has 3 N–H and O–H groups in total. The number of nitrogens with two attached hydrogens (primary N) is 1. The number of carbonyl (C=O) groups excluding carboxylic acids is 1. The monoisotopic (exact) mass is 250 g/mol. The van der Waals surface area contributed by atoms with Gasteiger partial charge in [0.2, 0.25) is 5.91 Å². The fraction of sp³-hybridized carbons (Fsp3) is 0.500. The van der Waals surface area contributed by atoms with Gasteiger partial charge in [0.1, 0.15) is 5.75 Å². The molecular formula is C14H22N2O2. The minimum atomic E-state index is -0.118. The lowest BCUT2D eigenvalue weighted by atomic mass is 9.97. The van der Waals surface area contributed by atoms with Crippen LogP contribution in [0.4, 0.5) is 0 Å². The topological polar surface area (TPSA) is 64.3 Å². The van der Waals surface area contributed by atoms with Crippen molar-refractivity contribution in [3.05, 3.63) is 29.3 Å². The number of rotatable bonds is 6. The first kappa shape index (κ1) is 14.5. The molecule has 0 aliphatic heterocycles. The highest BCUT2D eigenvalue weighted by molar-refractivity contribution is 5.75. The first-order valence-electron chi connectivity index (χ1n) is 6.24. The predicted octanol–water partition coefficient (Wildman–Crippen LogP) is 2.13. The van der Waals surface area contributed by atoms with E-state index in [-0.39, 0.29) is 5.91 Å². The van der Waals surface area contributed by atoms with Crippen LogP contribution in [0.3, 0.4) is 0 Å². The van der Waals surface area contributed by atoms with E-state index in [2.05, 4.69) is 25.3 Å². The summed E-state index contributed by atoms with van der Waals surface area (Å²) < 4.78 is 5.34. The number of benzene rings is 1. The standard InChI is InChI=1S/C14H22N2O2/c1-10(2)12-9-11(7-8-13(12)18-3)5-4-6-14(17)16-15/h7-10H,4-6,15H2,1-3H3,(H,16,17). The third-order valence-electron chi connectivity index (χ3n) is 2.95. The molecule has 100 valence electrons. The van der Waals surface area contributed by atoms with Gasteiger partial charge in [0, 0.05) is 6.42 Å². The fourth-order valence-electron chi connectivity index (χ4n) is 1.92. The maximum atomic E-state index is 11.0. The van der Waals surface area contributed by atoms with E-state index < -0.39 is 0 Å². The van der Waals surface area contributed by atoms with Crippen molar-refractivity contribution in [1.82, 2.24) is 5.43 Å². The third kappa shape index (κ3) is 4.04. The van der Waals surface area contributed by atoms with E-state index in [0.717, 1.165) is 18.6 Å². The van der Waals surface area contributed by atoms with Crippen molar-refractivity contribution < 1.29 is 9.53 Å². The number of ether oxygens (including phenoxy) is 1. The summed E-state index contributed by atoms with van der Waals surface area (Å²) in [5.74, 6) is 6.27. The molecule has 1 aromatic carbocycles. The van der Waals surface area contributed by atoms with E-state index in [4.69, 9.17) is 10.6 Å². The summed E-state index contributed by atoms with van der Waals surface area (Å²) in [7, 11) is 1.69. The summed E-state index contributed by atoms with van der Waals surface area (Å²) in [6.07, 6.45) is 2.13. The zero-order chi connectivity index (χ0) is 13.5. The molecule has 0 saturated carbocycles. The minimum Gasteiger partial charge on any atom is -0.496 e. The number of methoxy groups -OCH3 is 1. The van der Waals surface area contributed by atoms with E-state index in [1.165, 1.54) is 11.1 Å². The maximum absolute atomic E-state index is 11.0. The van der Waals surface area contributed by atoms with E-state index >= 15 is 0 Å².